The summed E-state index contributed by atoms with van der Waals surface area (Å²) in [5.41, 5.74) is 5.19. The molecule has 0 aromatic heterocycles. The molecular weight excluding hydrogens is 532 g/mol. The van der Waals surface area contributed by atoms with Crippen molar-refractivity contribution in [3.8, 4) is 39.5 Å². The molecule has 3 aromatic rings. The average molecular weight is 569 g/mol. The maximum absolute atomic E-state index is 11.5. The first-order valence-electron chi connectivity index (χ1n) is 13.3. The summed E-state index contributed by atoms with van der Waals surface area (Å²) in [6.07, 6.45) is 0. The van der Waals surface area contributed by atoms with Crippen molar-refractivity contribution in [2.45, 2.75) is 20.8 Å². The fourth-order valence-corrected chi connectivity index (χ4v) is 3.54. The van der Waals surface area contributed by atoms with E-state index in [1.807, 2.05) is 67.6 Å². The molecule has 7 heteroatoms. The number of allylic oxidation sites excluding steroid dienone is 1. The number of carbonyl (C=O) groups is 2. The van der Waals surface area contributed by atoms with Crippen LogP contribution in [0.4, 0.5) is 0 Å². The van der Waals surface area contributed by atoms with Gasteiger partial charge in [-0.05, 0) is 91.1 Å². The highest BCUT2D eigenvalue weighted by atomic mass is 16.6. The monoisotopic (exact) mass is 568 g/mol. The van der Waals surface area contributed by atoms with Gasteiger partial charge in [0.25, 0.3) is 0 Å². The van der Waals surface area contributed by atoms with E-state index in [-0.39, 0.29) is 26.4 Å². The van der Waals surface area contributed by atoms with E-state index < -0.39 is 11.9 Å². The molecule has 0 spiro atoms. The normalized spacial score (nSPS) is 10.3. The fraction of sp³-hybridized carbons (Fsp3) is 0.200. The van der Waals surface area contributed by atoms with E-state index in [4.69, 9.17) is 23.7 Å². The Labute approximate surface area is 247 Å². The SMILES string of the molecule is C=C(C)C(=C)Oc1cc(-c2ccc(OCCOC(=O)C(=C)C)cc2)cc(-c2ccc(OCCOC(=O)C(=C)C)cc2)c1. The summed E-state index contributed by atoms with van der Waals surface area (Å²) in [6, 6.07) is 21.2. The Morgan fingerprint density at radius 1 is 0.524 bits per heavy atom. The third kappa shape index (κ3) is 9.55. The Hall–Kier alpha value is -5.04. The van der Waals surface area contributed by atoms with Gasteiger partial charge in [0.2, 0.25) is 0 Å². The highest BCUT2D eigenvalue weighted by molar-refractivity contribution is 5.87. The molecule has 3 rings (SSSR count). The lowest BCUT2D eigenvalue weighted by Crippen LogP contribution is -2.12. The van der Waals surface area contributed by atoms with Crippen LogP contribution in [0.5, 0.6) is 17.2 Å². The molecule has 218 valence electrons. The van der Waals surface area contributed by atoms with E-state index in [0.717, 1.165) is 27.8 Å². The molecule has 0 aliphatic carbocycles. The summed E-state index contributed by atoms with van der Waals surface area (Å²) in [5, 5.41) is 0. The Bertz CT molecular complexity index is 1370. The zero-order chi connectivity index (χ0) is 30.6. The second kappa shape index (κ2) is 15.1. The minimum atomic E-state index is -0.440. The van der Waals surface area contributed by atoms with Crippen LogP contribution >= 0.6 is 0 Å². The predicted octanol–water partition coefficient (Wildman–Crippen LogP) is 7.49. The molecule has 0 heterocycles. The number of ether oxygens (including phenoxy) is 5. The van der Waals surface area contributed by atoms with E-state index in [2.05, 4.69) is 32.4 Å². The predicted molar refractivity (Wildman–Crippen MR) is 164 cm³/mol. The summed E-state index contributed by atoms with van der Waals surface area (Å²) in [4.78, 5) is 23.0. The second-order valence-corrected chi connectivity index (χ2v) is 9.63. The van der Waals surface area contributed by atoms with Crippen molar-refractivity contribution in [2.24, 2.45) is 0 Å². The van der Waals surface area contributed by atoms with Gasteiger partial charge in [-0.15, -0.1) is 0 Å². The maximum Gasteiger partial charge on any atom is 0.333 e. The number of hydrogen-bond donors (Lipinski definition) is 0. The number of rotatable bonds is 15. The molecule has 0 aliphatic rings. The van der Waals surface area contributed by atoms with E-state index in [9.17, 15) is 9.59 Å². The summed E-state index contributed by atoms with van der Waals surface area (Å²) in [6.45, 7) is 20.8. The van der Waals surface area contributed by atoms with Crippen LogP contribution in [0.1, 0.15) is 20.8 Å². The molecule has 7 nitrogen and oxygen atoms in total. The molecule has 0 amide bonds. The van der Waals surface area contributed by atoms with Crippen molar-refractivity contribution >= 4 is 11.9 Å². The van der Waals surface area contributed by atoms with Crippen LogP contribution < -0.4 is 14.2 Å². The molecule has 0 saturated carbocycles. The number of hydrogen-bond acceptors (Lipinski definition) is 7. The molecule has 3 aromatic carbocycles. The van der Waals surface area contributed by atoms with Crippen molar-refractivity contribution in [1.29, 1.82) is 0 Å². The smallest absolute Gasteiger partial charge is 0.333 e. The summed E-state index contributed by atoms with van der Waals surface area (Å²) in [7, 11) is 0. The molecule has 0 bridgehead atoms. The Balaban J connectivity index is 1.75. The first-order valence-corrected chi connectivity index (χ1v) is 13.3. The summed E-state index contributed by atoms with van der Waals surface area (Å²) >= 11 is 0. The molecular formula is C35H36O7. The molecule has 0 N–H and O–H groups in total. The van der Waals surface area contributed by atoms with E-state index in [1.54, 1.807) is 13.8 Å². The van der Waals surface area contributed by atoms with Crippen molar-refractivity contribution in [2.75, 3.05) is 26.4 Å². The summed E-state index contributed by atoms with van der Waals surface area (Å²) < 4.78 is 27.5. The molecule has 0 saturated heterocycles. The molecule has 42 heavy (non-hydrogen) atoms. The van der Waals surface area contributed by atoms with Crippen LogP contribution in [0, 0.1) is 0 Å². The topological polar surface area (TPSA) is 80.3 Å². The van der Waals surface area contributed by atoms with Gasteiger partial charge in [-0.3, -0.25) is 0 Å². The minimum Gasteiger partial charge on any atom is -0.490 e. The number of benzene rings is 3. The molecule has 0 aliphatic heterocycles. The van der Waals surface area contributed by atoms with Crippen LogP contribution in [-0.2, 0) is 19.1 Å². The van der Waals surface area contributed by atoms with Crippen LogP contribution in [0.2, 0.25) is 0 Å². The van der Waals surface area contributed by atoms with Crippen molar-refractivity contribution < 1.29 is 33.3 Å². The quantitative estimate of drug-likeness (QED) is 0.0618. The molecule has 0 atom stereocenters. The first kappa shape index (κ1) is 31.5. The summed E-state index contributed by atoms with van der Waals surface area (Å²) in [5.74, 6) is 1.52. The van der Waals surface area contributed by atoms with Crippen LogP contribution in [0.3, 0.4) is 0 Å². The average Bonchev–Trinajstić information content (AvgIpc) is 2.97. The van der Waals surface area contributed by atoms with Crippen molar-refractivity contribution in [3.05, 3.63) is 116 Å². The van der Waals surface area contributed by atoms with Gasteiger partial charge in [-0.1, -0.05) is 50.6 Å². The Morgan fingerprint density at radius 3 is 1.29 bits per heavy atom. The maximum atomic E-state index is 11.5. The lowest BCUT2D eigenvalue weighted by molar-refractivity contribution is -0.140. The van der Waals surface area contributed by atoms with E-state index >= 15 is 0 Å². The van der Waals surface area contributed by atoms with Crippen LogP contribution in [0.25, 0.3) is 22.3 Å². The zero-order valence-electron chi connectivity index (χ0n) is 24.4. The second-order valence-electron chi connectivity index (χ2n) is 9.63. The van der Waals surface area contributed by atoms with Gasteiger partial charge >= 0.3 is 11.9 Å². The van der Waals surface area contributed by atoms with Gasteiger partial charge < -0.3 is 23.7 Å². The third-order valence-corrected chi connectivity index (χ3v) is 5.87. The highest BCUT2D eigenvalue weighted by Crippen LogP contribution is 2.34. The van der Waals surface area contributed by atoms with E-state index in [1.165, 1.54) is 0 Å². The lowest BCUT2D eigenvalue weighted by Gasteiger charge is -2.14. The Kier molecular flexibility index (Phi) is 11.3. The zero-order valence-corrected chi connectivity index (χ0v) is 24.4. The van der Waals surface area contributed by atoms with Crippen LogP contribution in [0.15, 0.2) is 116 Å². The number of carbonyl (C=O) groups excluding carboxylic acids is 2. The van der Waals surface area contributed by atoms with Gasteiger partial charge in [-0.2, -0.15) is 0 Å². The standard InChI is InChI=1S/C35H36O7/c1-23(2)26(7)42-33-21-29(27-8-12-31(13-9-27)38-16-18-40-34(36)24(3)4)20-30(22-33)28-10-14-32(15-11-28)39-17-19-41-35(37)25(5)6/h8-15,20-22H,1,3,5,7,16-19H2,2,4,6H3. The number of esters is 2. The van der Waals surface area contributed by atoms with E-state index in [0.29, 0.717) is 34.2 Å². The van der Waals surface area contributed by atoms with Gasteiger partial charge in [0.15, 0.2) is 0 Å². The minimum absolute atomic E-state index is 0.134. The van der Waals surface area contributed by atoms with Gasteiger partial charge in [0, 0.05) is 11.1 Å². The Morgan fingerprint density at radius 2 is 0.929 bits per heavy atom. The lowest BCUT2D eigenvalue weighted by atomic mass is 9.98. The fourth-order valence-electron chi connectivity index (χ4n) is 3.54. The van der Waals surface area contributed by atoms with Crippen LogP contribution in [-0.4, -0.2) is 38.4 Å². The first-order chi connectivity index (χ1) is 20.0. The van der Waals surface area contributed by atoms with Gasteiger partial charge in [0.05, 0.1) is 0 Å². The molecule has 0 fully saturated rings. The highest BCUT2D eigenvalue weighted by Gasteiger charge is 2.10. The van der Waals surface area contributed by atoms with Crippen molar-refractivity contribution in [1.82, 2.24) is 0 Å². The molecule has 0 radical (unpaired) electrons. The van der Waals surface area contributed by atoms with Gasteiger partial charge in [-0.25, -0.2) is 9.59 Å². The molecule has 0 unspecified atom stereocenters. The van der Waals surface area contributed by atoms with Gasteiger partial charge in [0.1, 0.15) is 49.4 Å². The largest absolute Gasteiger partial charge is 0.490 e. The van der Waals surface area contributed by atoms with Crippen molar-refractivity contribution in [3.63, 3.8) is 0 Å². The third-order valence-electron chi connectivity index (χ3n) is 5.87.